The van der Waals surface area contributed by atoms with Crippen molar-refractivity contribution in [2.24, 2.45) is 0 Å². The Bertz CT molecular complexity index is 618. The maximum absolute atomic E-state index is 12.5. The molecule has 0 saturated carbocycles. The Morgan fingerprint density at radius 1 is 1.19 bits per heavy atom. The summed E-state index contributed by atoms with van der Waals surface area (Å²) in [6, 6.07) is 5.47. The summed E-state index contributed by atoms with van der Waals surface area (Å²) in [4.78, 5) is 17.5. The number of hydrogen-bond donors (Lipinski definition) is 1. The van der Waals surface area contributed by atoms with Crippen LogP contribution >= 0.6 is 0 Å². The van der Waals surface area contributed by atoms with E-state index in [1.165, 1.54) is 0 Å². The number of H-pyrrole nitrogens is 1. The Hall–Kier alpha value is -2.21. The lowest BCUT2D eigenvalue weighted by Crippen LogP contribution is -2.40. The maximum Gasteiger partial charge on any atom is 0.270 e. The molecule has 1 saturated heterocycles. The monoisotopic (exact) mass is 290 g/mol. The average molecular weight is 290 g/mol. The molecule has 0 unspecified atom stereocenters. The Morgan fingerprint density at radius 3 is 2.52 bits per heavy atom. The van der Waals surface area contributed by atoms with Crippen LogP contribution in [0.15, 0.2) is 18.2 Å². The average Bonchev–Trinajstić information content (AvgIpc) is 2.99. The van der Waals surface area contributed by atoms with E-state index in [2.05, 4.69) is 4.98 Å². The molecule has 1 aliphatic rings. The number of aromatic amines is 1. The first kappa shape index (κ1) is 13.8. The van der Waals surface area contributed by atoms with Crippen molar-refractivity contribution in [3.05, 3.63) is 23.9 Å². The first-order valence-corrected chi connectivity index (χ1v) is 6.85. The van der Waals surface area contributed by atoms with Gasteiger partial charge in [0.1, 0.15) is 17.2 Å². The highest BCUT2D eigenvalue weighted by Gasteiger charge is 2.21. The molecule has 6 heteroatoms. The van der Waals surface area contributed by atoms with Crippen molar-refractivity contribution in [3.8, 4) is 11.5 Å². The molecule has 1 aliphatic heterocycles. The van der Waals surface area contributed by atoms with Crippen molar-refractivity contribution in [2.75, 3.05) is 40.5 Å². The van der Waals surface area contributed by atoms with Crippen LogP contribution in [0.4, 0.5) is 0 Å². The molecule has 0 atom stereocenters. The molecule has 1 N–H and O–H groups in total. The molecule has 21 heavy (non-hydrogen) atoms. The van der Waals surface area contributed by atoms with Gasteiger partial charge < -0.3 is 24.1 Å². The van der Waals surface area contributed by atoms with Gasteiger partial charge in [-0.05, 0) is 18.2 Å². The first-order valence-electron chi connectivity index (χ1n) is 6.85. The Morgan fingerprint density at radius 2 is 1.86 bits per heavy atom. The quantitative estimate of drug-likeness (QED) is 0.933. The number of hydrogen-bond acceptors (Lipinski definition) is 4. The highest BCUT2D eigenvalue weighted by Crippen LogP contribution is 2.33. The molecule has 0 aliphatic carbocycles. The van der Waals surface area contributed by atoms with Crippen molar-refractivity contribution in [1.29, 1.82) is 0 Å². The summed E-state index contributed by atoms with van der Waals surface area (Å²) in [5.41, 5.74) is 1.31. The molecular weight excluding hydrogens is 272 g/mol. The zero-order chi connectivity index (χ0) is 14.8. The smallest absolute Gasteiger partial charge is 0.270 e. The van der Waals surface area contributed by atoms with E-state index in [0.717, 1.165) is 10.9 Å². The standard InChI is InChI=1S/C15H18N2O4/c1-19-12-3-4-13(20-2)14-10(12)9-11(16-14)15(18)17-5-7-21-8-6-17/h3-4,9,16H,5-8H2,1-2H3. The first-order chi connectivity index (χ1) is 10.2. The molecule has 1 amide bonds. The second-order valence-corrected chi connectivity index (χ2v) is 4.85. The number of nitrogens with one attached hydrogen (secondary N) is 1. The van der Waals surface area contributed by atoms with Crippen LogP contribution in [0.1, 0.15) is 10.5 Å². The van der Waals surface area contributed by atoms with E-state index >= 15 is 0 Å². The van der Waals surface area contributed by atoms with Gasteiger partial charge >= 0.3 is 0 Å². The van der Waals surface area contributed by atoms with Crippen molar-refractivity contribution in [2.45, 2.75) is 0 Å². The number of amides is 1. The predicted octanol–water partition coefficient (Wildman–Crippen LogP) is 1.66. The van der Waals surface area contributed by atoms with Crippen LogP contribution in [0.3, 0.4) is 0 Å². The van der Waals surface area contributed by atoms with Gasteiger partial charge in [-0.3, -0.25) is 4.79 Å². The molecule has 0 radical (unpaired) electrons. The van der Waals surface area contributed by atoms with Crippen LogP contribution in [0.25, 0.3) is 10.9 Å². The molecular formula is C15H18N2O4. The largest absolute Gasteiger partial charge is 0.496 e. The number of ether oxygens (including phenoxy) is 3. The number of aromatic nitrogens is 1. The van der Waals surface area contributed by atoms with Crippen LogP contribution in [-0.2, 0) is 4.74 Å². The predicted molar refractivity (Wildman–Crippen MR) is 78.1 cm³/mol. The number of carbonyl (C=O) groups excluding carboxylic acids is 1. The molecule has 2 heterocycles. The van der Waals surface area contributed by atoms with E-state index in [4.69, 9.17) is 14.2 Å². The van der Waals surface area contributed by atoms with Gasteiger partial charge in [-0.1, -0.05) is 0 Å². The van der Waals surface area contributed by atoms with Crippen molar-refractivity contribution >= 4 is 16.8 Å². The fourth-order valence-electron chi connectivity index (χ4n) is 2.57. The van der Waals surface area contributed by atoms with E-state index in [0.29, 0.717) is 43.5 Å². The van der Waals surface area contributed by atoms with Crippen LogP contribution in [0.5, 0.6) is 11.5 Å². The summed E-state index contributed by atoms with van der Waals surface area (Å²) in [6.45, 7) is 2.39. The van der Waals surface area contributed by atoms with Crippen molar-refractivity contribution in [1.82, 2.24) is 9.88 Å². The molecule has 1 aromatic heterocycles. The molecule has 2 aromatic rings. The van der Waals surface area contributed by atoms with Gasteiger partial charge in [0.2, 0.25) is 0 Å². The molecule has 0 bridgehead atoms. The number of methoxy groups -OCH3 is 2. The Balaban J connectivity index is 2.01. The van der Waals surface area contributed by atoms with E-state index in [9.17, 15) is 4.79 Å². The number of carbonyl (C=O) groups is 1. The number of morpholine rings is 1. The minimum Gasteiger partial charge on any atom is -0.496 e. The van der Waals surface area contributed by atoms with Crippen LogP contribution in [-0.4, -0.2) is 56.3 Å². The summed E-state index contributed by atoms with van der Waals surface area (Å²) in [7, 11) is 3.21. The number of rotatable bonds is 3. The summed E-state index contributed by atoms with van der Waals surface area (Å²) in [5, 5.41) is 0.841. The highest BCUT2D eigenvalue weighted by atomic mass is 16.5. The molecule has 112 valence electrons. The third-order valence-electron chi connectivity index (χ3n) is 3.68. The second kappa shape index (κ2) is 5.65. The van der Waals surface area contributed by atoms with Gasteiger partial charge in [0.05, 0.1) is 33.0 Å². The minimum absolute atomic E-state index is 0.0291. The van der Waals surface area contributed by atoms with Gasteiger partial charge in [-0.15, -0.1) is 0 Å². The molecule has 1 aromatic carbocycles. The number of fused-ring (bicyclic) bond motifs is 1. The Labute approximate surface area is 122 Å². The van der Waals surface area contributed by atoms with Gasteiger partial charge in [0, 0.05) is 18.5 Å². The van der Waals surface area contributed by atoms with Crippen LogP contribution < -0.4 is 9.47 Å². The van der Waals surface area contributed by atoms with Crippen molar-refractivity contribution in [3.63, 3.8) is 0 Å². The number of nitrogens with zero attached hydrogens (tertiary/aromatic N) is 1. The topological polar surface area (TPSA) is 63.8 Å². The van der Waals surface area contributed by atoms with Crippen molar-refractivity contribution < 1.29 is 19.0 Å². The third-order valence-corrected chi connectivity index (χ3v) is 3.68. The molecule has 3 rings (SSSR count). The SMILES string of the molecule is COc1ccc(OC)c2[nH]c(C(=O)N3CCOCC3)cc12. The van der Waals surface area contributed by atoms with Crippen LogP contribution in [0, 0.1) is 0 Å². The van der Waals surface area contributed by atoms with E-state index < -0.39 is 0 Å². The van der Waals surface area contributed by atoms with Gasteiger partial charge in [0.25, 0.3) is 5.91 Å². The second-order valence-electron chi connectivity index (χ2n) is 4.85. The third kappa shape index (κ3) is 2.42. The Kier molecular flexibility index (Phi) is 3.70. The summed E-state index contributed by atoms with van der Waals surface area (Å²) < 4.78 is 16.0. The molecule has 0 spiro atoms. The summed E-state index contributed by atoms with van der Waals surface area (Å²) in [6.07, 6.45) is 0. The number of benzene rings is 1. The van der Waals surface area contributed by atoms with Gasteiger partial charge in [0.15, 0.2) is 0 Å². The van der Waals surface area contributed by atoms with Crippen LogP contribution in [0.2, 0.25) is 0 Å². The van der Waals surface area contributed by atoms with Gasteiger partial charge in [-0.25, -0.2) is 0 Å². The lowest BCUT2D eigenvalue weighted by atomic mass is 10.2. The lowest BCUT2D eigenvalue weighted by Gasteiger charge is -2.26. The summed E-state index contributed by atoms with van der Waals surface area (Å²) >= 11 is 0. The zero-order valence-corrected chi connectivity index (χ0v) is 12.1. The normalized spacial score (nSPS) is 15.2. The fourth-order valence-corrected chi connectivity index (χ4v) is 2.57. The molecule has 1 fully saturated rings. The fraction of sp³-hybridized carbons (Fsp3) is 0.400. The summed E-state index contributed by atoms with van der Waals surface area (Å²) in [5.74, 6) is 1.37. The highest BCUT2D eigenvalue weighted by molar-refractivity contribution is 6.01. The van der Waals surface area contributed by atoms with Gasteiger partial charge in [-0.2, -0.15) is 0 Å². The maximum atomic E-state index is 12.5. The van der Waals surface area contributed by atoms with E-state index in [1.807, 2.05) is 18.2 Å². The van der Waals surface area contributed by atoms with E-state index in [-0.39, 0.29) is 5.91 Å². The van der Waals surface area contributed by atoms with E-state index in [1.54, 1.807) is 19.1 Å². The zero-order valence-electron chi connectivity index (χ0n) is 12.1. The lowest BCUT2D eigenvalue weighted by molar-refractivity contribution is 0.0299. The minimum atomic E-state index is -0.0291. The molecule has 6 nitrogen and oxygen atoms in total.